The largest absolute Gasteiger partial charge is 0.477 e. The van der Waals surface area contributed by atoms with E-state index >= 15 is 0 Å². The molecule has 2 aromatic heterocycles. The lowest BCUT2D eigenvalue weighted by atomic mass is 10.2. The van der Waals surface area contributed by atoms with Crippen LogP contribution in [0.4, 0.5) is 0 Å². The summed E-state index contributed by atoms with van der Waals surface area (Å²) in [6.45, 7) is 1.81. The average molecular weight is 237 g/mol. The Kier molecular flexibility index (Phi) is 3.05. The summed E-state index contributed by atoms with van der Waals surface area (Å²) >= 11 is 1.22. The number of aromatic carboxylic acids is 1. The Morgan fingerprint density at radius 3 is 3.00 bits per heavy atom. The first-order valence-corrected chi connectivity index (χ1v) is 5.70. The van der Waals surface area contributed by atoms with Gasteiger partial charge < -0.3 is 9.52 Å². The molecule has 0 aliphatic rings. The molecule has 0 radical (unpaired) electrons. The lowest BCUT2D eigenvalue weighted by Gasteiger charge is -1.96. The number of hydrogen-bond acceptors (Lipinski definition) is 4. The molecule has 16 heavy (non-hydrogen) atoms. The first-order valence-electron chi connectivity index (χ1n) is 4.89. The highest BCUT2D eigenvalue weighted by atomic mass is 32.1. The van der Waals surface area contributed by atoms with Gasteiger partial charge in [-0.25, -0.2) is 9.78 Å². The molecular weight excluding hydrogens is 226 g/mol. The van der Waals surface area contributed by atoms with Gasteiger partial charge in [-0.15, -0.1) is 11.3 Å². The minimum atomic E-state index is -0.903. The van der Waals surface area contributed by atoms with E-state index in [1.165, 1.54) is 11.3 Å². The third-order valence-corrected chi connectivity index (χ3v) is 3.19. The lowest BCUT2D eigenvalue weighted by Crippen LogP contribution is -2.00. The first kappa shape index (κ1) is 10.9. The fourth-order valence-corrected chi connectivity index (χ4v) is 2.31. The number of rotatable bonds is 4. The maximum Gasteiger partial charge on any atom is 0.347 e. The Bertz CT molecular complexity index is 487. The van der Waals surface area contributed by atoms with E-state index in [4.69, 9.17) is 9.52 Å². The number of aromatic nitrogens is 1. The van der Waals surface area contributed by atoms with E-state index in [2.05, 4.69) is 4.98 Å². The van der Waals surface area contributed by atoms with E-state index in [1.807, 2.05) is 19.1 Å². The molecular formula is C11H11NO3S. The Morgan fingerprint density at radius 2 is 2.38 bits per heavy atom. The zero-order chi connectivity index (χ0) is 11.5. The van der Waals surface area contributed by atoms with Crippen molar-refractivity contribution in [3.63, 3.8) is 0 Å². The van der Waals surface area contributed by atoms with E-state index in [1.54, 1.807) is 6.26 Å². The van der Waals surface area contributed by atoms with Crippen molar-refractivity contribution in [1.82, 2.24) is 4.98 Å². The minimum Gasteiger partial charge on any atom is -0.477 e. The molecule has 2 heterocycles. The van der Waals surface area contributed by atoms with E-state index in [9.17, 15) is 4.79 Å². The lowest BCUT2D eigenvalue weighted by molar-refractivity contribution is 0.0700. The molecule has 0 aliphatic heterocycles. The number of furan rings is 1. The van der Waals surface area contributed by atoms with Gasteiger partial charge in [0.1, 0.15) is 10.6 Å². The highest BCUT2D eigenvalue weighted by Crippen LogP contribution is 2.19. The SMILES string of the molecule is Cc1nc(CCc2ccco2)c(C(=O)O)s1. The standard InChI is InChI=1S/C11H11NO3S/c1-7-12-9(10(16-7)11(13)14)5-4-8-3-2-6-15-8/h2-3,6H,4-5H2,1H3,(H,13,14). The molecule has 0 saturated carbocycles. The van der Waals surface area contributed by atoms with Crippen molar-refractivity contribution in [2.75, 3.05) is 0 Å². The maximum atomic E-state index is 10.9. The molecule has 0 unspecified atom stereocenters. The summed E-state index contributed by atoms with van der Waals surface area (Å²) in [5.41, 5.74) is 0.645. The van der Waals surface area contributed by atoms with Gasteiger partial charge in [0, 0.05) is 6.42 Å². The quantitative estimate of drug-likeness (QED) is 0.887. The summed E-state index contributed by atoms with van der Waals surface area (Å²) in [6.07, 6.45) is 2.88. The van der Waals surface area contributed by atoms with Crippen LogP contribution in [0.25, 0.3) is 0 Å². The van der Waals surface area contributed by atoms with E-state index in [-0.39, 0.29) is 0 Å². The highest BCUT2D eigenvalue weighted by molar-refractivity contribution is 7.13. The first-order chi connectivity index (χ1) is 7.66. The number of nitrogens with zero attached hydrogens (tertiary/aromatic N) is 1. The fraction of sp³-hybridized carbons (Fsp3) is 0.273. The van der Waals surface area contributed by atoms with Crippen molar-refractivity contribution >= 4 is 17.3 Å². The molecule has 0 aliphatic carbocycles. The van der Waals surface area contributed by atoms with E-state index < -0.39 is 5.97 Å². The van der Waals surface area contributed by atoms with Crippen LogP contribution >= 0.6 is 11.3 Å². The second-order valence-electron chi connectivity index (χ2n) is 3.39. The number of hydrogen-bond donors (Lipinski definition) is 1. The Labute approximate surface area is 96.6 Å². The van der Waals surface area contributed by atoms with Crippen LogP contribution in [-0.2, 0) is 12.8 Å². The molecule has 0 aromatic carbocycles. The molecule has 0 saturated heterocycles. The van der Waals surface area contributed by atoms with Crippen LogP contribution in [0, 0.1) is 6.92 Å². The van der Waals surface area contributed by atoms with Crippen molar-refractivity contribution < 1.29 is 14.3 Å². The Morgan fingerprint density at radius 1 is 1.56 bits per heavy atom. The summed E-state index contributed by atoms with van der Waals surface area (Å²) in [5.74, 6) is -0.0537. The van der Waals surface area contributed by atoms with Crippen LogP contribution in [0.3, 0.4) is 0 Å². The van der Waals surface area contributed by atoms with Crippen molar-refractivity contribution in [3.8, 4) is 0 Å². The van der Waals surface area contributed by atoms with Crippen LogP contribution in [0.2, 0.25) is 0 Å². The number of carboxylic acid groups (broad SMARTS) is 1. The zero-order valence-corrected chi connectivity index (χ0v) is 9.58. The summed E-state index contributed by atoms with van der Waals surface area (Å²) in [6, 6.07) is 3.69. The molecule has 5 heteroatoms. The second kappa shape index (κ2) is 4.49. The predicted octanol–water partition coefficient (Wildman–Crippen LogP) is 2.53. The van der Waals surface area contributed by atoms with E-state index in [0.717, 1.165) is 10.8 Å². The molecule has 4 nitrogen and oxygen atoms in total. The fourth-order valence-electron chi connectivity index (χ4n) is 1.50. The van der Waals surface area contributed by atoms with Gasteiger partial charge >= 0.3 is 5.97 Å². The smallest absolute Gasteiger partial charge is 0.347 e. The Hall–Kier alpha value is -1.62. The van der Waals surface area contributed by atoms with Gasteiger partial charge in [0.25, 0.3) is 0 Å². The molecule has 2 rings (SSSR count). The van der Waals surface area contributed by atoms with Gasteiger partial charge in [0.2, 0.25) is 0 Å². The van der Waals surface area contributed by atoms with Crippen molar-refractivity contribution in [2.45, 2.75) is 19.8 Å². The zero-order valence-electron chi connectivity index (χ0n) is 8.77. The summed E-state index contributed by atoms with van der Waals surface area (Å²) in [4.78, 5) is 15.5. The third-order valence-electron chi connectivity index (χ3n) is 2.19. The molecule has 1 N–H and O–H groups in total. The summed E-state index contributed by atoms with van der Waals surface area (Å²) < 4.78 is 5.19. The molecule has 0 atom stereocenters. The highest BCUT2D eigenvalue weighted by Gasteiger charge is 2.15. The number of thiazole rings is 1. The van der Waals surface area contributed by atoms with Crippen LogP contribution in [-0.4, -0.2) is 16.1 Å². The predicted molar refractivity (Wildman–Crippen MR) is 59.9 cm³/mol. The van der Waals surface area contributed by atoms with Crippen molar-refractivity contribution in [1.29, 1.82) is 0 Å². The van der Waals surface area contributed by atoms with Crippen LogP contribution in [0.15, 0.2) is 22.8 Å². The summed E-state index contributed by atoms with van der Waals surface area (Å²) in [7, 11) is 0. The molecule has 2 aromatic rings. The monoisotopic (exact) mass is 237 g/mol. The topological polar surface area (TPSA) is 63.3 Å². The summed E-state index contributed by atoms with van der Waals surface area (Å²) in [5, 5.41) is 9.77. The molecule has 0 amide bonds. The van der Waals surface area contributed by atoms with Gasteiger partial charge in [0.05, 0.1) is 17.0 Å². The molecule has 0 spiro atoms. The number of aryl methyl sites for hydroxylation is 3. The van der Waals surface area contributed by atoms with Gasteiger partial charge in [-0.05, 0) is 25.5 Å². The Balaban J connectivity index is 2.12. The second-order valence-corrected chi connectivity index (χ2v) is 4.60. The van der Waals surface area contributed by atoms with Crippen LogP contribution in [0.1, 0.15) is 26.1 Å². The molecule has 0 bridgehead atoms. The van der Waals surface area contributed by atoms with Crippen molar-refractivity contribution in [3.05, 3.63) is 39.7 Å². The van der Waals surface area contributed by atoms with Gasteiger partial charge in [-0.3, -0.25) is 0 Å². The molecule has 0 fully saturated rings. The number of carbonyl (C=O) groups is 1. The van der Waals surface area contributed by atoms with Crippen molar-refractivity contribution in [2.24, 2.45) is 0 Å². The average Bonchev–Trinajstić information content (AvgIpc) is 2.83. The van der Waals surface area contributed by atoms with Gasteiger partial charge in [-0.2, -0.15) is 0 Å². The third kappa shape index (κ3) is 2.30. The van der Waals surface area contributed by atoms with Crippen LogP contribution in [0.5, 0.6) is 0 Å². The normalized spacial score (nSPS) is 10.6. The maximum absolute atomic E-state index is 10.9. The number of carboxylic acids is 1. The van der Waals surface area contributed by atoms with Gasteiger partial charge in [-0.1, -0.05) is 0 Å². The van der Waals surface area contributed by atoms with E-state index in [0.29, 0.717) is 23.4 Å². The van der Waals surface area contributed by atoms with Gasteiger partial charge in [0.15, 0.2) is 0 Å². The van der Waals surface area contributed by atoms with Crippen LogP contribution < -0.4 is 0 Å². The minimum absolute atomic E-state index is 0.337. The molecule has 84 valence electrons.